The lowest BCUT2D eigenvalue weighted by atomic mass is 9.68. The maximum Gasteiger partial charge on any atom is 0.416 e. The first kappa shape index (κ1) is 30.6. The zero-order valence-corrected chi connectivity index (χ0v) is 22.5. The monoisotopic (exact) mass is 578 g/mol. The Hall–Kier alpha value is -2.95. The third kappa shape index (κ3) is 6.62. The highest BCUT2D eigenvalue weighted by molar-refractivity contribution is 6.30. The number of hydrogen-bond acceptors (Lipinski definition) is 3. The fourth-order valence-corrected chi connectivity index (χ4v) is 5.18. The molecule has 214 valence electrons. The molecule has 2 aromatic carbocycles. The Labute approximate surface area is 227 Å². The van der Waals surface area contributed by atoms with Crippen LogP contribution in [0.4, 0.5) is 31.1 Å². The van der Waals surface area contributed by atoms with Gasteiger partial charge in [0, 0.05) is 18.6 Å². The van der Waals surface area contributed by atoms with Gasteiger partial charge in [-0.3, -0.25) is 9.69 Å². The number of likely N-dealkylation sites (N-methyl/N-ethyl adjacent to an activating group) is 1. The van der Waals surface area contributed by atoms with Gasteiger partial charge in [-0.1, -0.05) is 23.7 Å². The number of rotatable bonds is 4. The normalized spacial score (nSPS) is 20.5. The molecule has 12 heteroatoms. The molecular formula is C27H29ClF6N2O3. The Kier molecular flexibility index (Phi) is 8.55. The molecule has 2 amide bonds. The summed E-state index contributed by atoms with van der Waals surface area (Å²) in [6.07, 6.45) is -10.7. The average molecular weight is 579 g/mol. The molecule has 1 aliphatic heterocycles. The van der Waals surface area contributed by atoms with Gasteiger partial charge in [-0.25, -0.2) is 4.79 Å². The molecule has 39 heavy (non-hydrogen) atoms. The minimum Gasteiger partial charge on any atom is -0.444 e. The number of nitrogens with zero attached hydrogens (tertiary/aromatic N) is 1. The van der Waals surface area contributed by atoms with Gasteiger partial charge in [-0.05, 0) is 87.4 Å². The molecule has 2 aromatic rings. The first-order valence-corrected chi connectivity index (χ1v) is 12.5. The SMILES string of the molecule is CNC(=O)C1(c2ccc(Cl)cc2)C(Cc2cc(C(F)(F)F)cc(C(F)(F)F)c2)CCCN1C(=O)OC(C)(C)C. The van der Waals surface area contributed by atoms with Crippen LogP contribution in [0.1, 0.15) is 55.9 Å². The minimum absolute atomic E-state index is 0.0581. The van der Waals surface area contributed by atoms with Crippen LogP contribution in [0.5, 0.6) is 0 Å². The maximum atomic E-state index is 13.8. The number of benzene rings is 2. The summed E-state index contributed by atoms with van der Waals surface area (Å²) < 4.78 is 87.0. The summed E-state index contributed by atoms with van der Waals surface area (Å²) in [5, 5.41) is 2.87. The summed E-state index contributed by atoms with van der Waals surface area (Å²) in [6.45, 7) is 4.98. The number of alkyl halides is 6. The van der Waals surface area contributed by atoms with Crippen molar-refractivity contribution >= 4 is 23.6 Å². The van der Waals surface area contributed by atoms with Crippen LogP contribution < -0.4 is 5.32 Å². The Morgan fingerprint density at radius 3 is 2.00 bits per heavy atom. The van der Waals surface area contributed by atoms with Crippen LogP contribution in [0.15, 0.2) is 42.5 Å². The molecule has 0 aliphatic carbocycles. The van der Waals surface area contributed by atoms with E-state index >= 15 is 0 Å². The van der Waals surface area contributed by atoms with Crippen molar-refractivity contribution in [3.05, 3.63) is 69.7 Å². The summed E-state index contributed by atoms with van der Waals surface area (Å²) in [4.78, 5) is 28.4. The average Bonchev–Trinajstić information content (AvgIpc) is 2.81. The maximum absolute atomic E-state index is 13.8. The van der Waals surface area contributed by atoms with Gasteiger partial charge in [-0.2, -0.15) is 26.3 Å². The molecule has 1 aliphatic rings. The summed E-state index contributed by atoms with van der Waals surface area (Å²) in [7, 11) is 1.34. The molecule has 2 unspecified atom stereocenters. The van der Waals surface area contributed by atoms with Crippen molar-refractivity contribution in [3.63, 3.8) is 0 Å². The lowest BCUT2D eigenvalue weighted by Crippen LogP contribution is -2.65. The van der Waals surface area contributed by atoms with E-state index in [0.717, 1.165) is 0 Å². The Morgan fingerprint density at radius 2 is 1.54 bits per heavy atom. The number of piperidine rings is 1. The first-order valence-electron chi connectivity index (χ1n) is 12.2. The van der Waals surface area contributed by atoms with Crippen molar-refractivity contribution < 1.29 is 40.7 Å². The van der Waals surface area contributed by atoms with Gasteiger partial charge >= 0.3 is 18.4 Å². The van der Waals surface area contributed by atoms with Gasteiger partial charge in [0.25, 0.3) is 5.91 Å². The van der Waals surface area contributed by atoms with E-state index in [-0.39, 0.29) is 31.0 Å². The smallest absolute Gasteiger partial charge is 0.416 e. The quantitative estimate of drug-likeness (QED) is 0.390. The van der Waals surface area contributed by atoms with Crippen molar-refractivity contribution in [3.8, 4) is 0 Å². The van der Waals surface area contributed by atoms with Crippen molar-refractivity contribution in [1.82, 2.24) is 10.2 Å². The van der Waals surface area contributed by atoms with Crippen LogP contribution in [0.25, 0.3) is 0 Å². The number of carbonyl (C=O) groups excluding carboxylic acids is 2. The van der Waals surface area contributed by atoms with Crippen molar-refractivity contribution in [2.24, 2.45) is 5.92 Å². The molecule has 0 spiro atoms. The van der Waals surface area contributed by atoms with Crippen LogP contribution in [0.3, 0.4) is 0 Å². The van der Waals surface area contributed by atoms with E-state index in [0.29, 0.717) is 29.1 Å². The number of amides is 2. The third-order valence-corrected chi connectivity index (χ3v) is 6.80. The predicted molar refractivity (Wildman–Crippen MR) is 133 cm³/mol. The molecule has 0 saturated carbocycles. The van der Waals surface area contributed by atoms with Crippen molar-refractivity contribution in [2.75, 3.05) is 13.6 Å². The number of ether oxygens (including phenoxy) is 1. The molecule has 1 saturated heterocycles. The molecule has 0 aromatic heterocycles. The third-order valence-electron chi connectivity index (χ3n) is 6.55. The standard InChI is InChI=1S/C27H29ClF6N2O3/c1-24(2,3)39-23(38)36-11-5-6-18(25(36,22(37)35-4)17-7-9-21(28)10-8-17)12-16-13-19(26(29,30)31)15-20(14-16)27(32,33)34/h7-10,13-15,18H,5-6,11-12H2,1-4H3,(H,35,37). The predicted octanol–water partition coefficient (Wildman–Crippen LogP) is 7.21. The number of likely N-dealkylation sites (tertiary alicyclic amines) is 1. The van der Waals surface area contributed by atoms with E-state index in [1.807, 2.05) is 0 Å². The van der Waals surface area contributed by atoms with E-state index in [4.69, 9.17) is 16.3 Å². The van der Waals surface area contributed by atoms with E-state index in [2.05, 4.69) is 5.32 Å². The molecule has 0 radical (unpaired) electrons. The summed E-state index contributed by atoms with van der Waals surface area (Å²) >= 11 is 6.06. The van der Waals surface area contributed by atoms with Crippen molar-refractivity contribution in [1.29, 1.82) is 0 Å². The van der Waals surface area contributed by atoms with Gasteiger partial charge in [0.1, 0.15) is 5.60 Å². The van der Waals surface area contributed by atoms with Gasteiger partial charge in [-0.15, -0.1) is 0 Å². The topological polar surface area (TPSA) is 58.6 Å². The minimum atomic E-state index is -5.03. The largest absolute Gasteiger partial charge is 0.444 e. The second-order valence-electron chi connectivity index (χ2n) is 10.4. The summed E-state index contributed by atoms with van der Waals surface area (Å²) in [5.74, 6) is -1.58. The second kappa shape index (κ2) is 10.9. The molecule has 1 N–H and O–H groups in total. The number of nitrogens with one attached hydrogen (secondary N) is 1. The van der Waals surface area contributed by atoms with Gasteiger partial charge < -0.3 is 10.1 Å². The van der Waals surface area contributed by atoms with Gasteiger partial charge in [0.2, 0.25) is 0 Å². The first-order chi connectivity index (χ1) is 17.9. The van der Waals surface area contributed by atoms with Crippen LogP contribution in [-0.2, 0) is 33.8 Å². The molecule has 1 fully saturated rings. The molecule has 2 atom stereocenters. The highest BCUT2D eigenvalue weighted by Gasteiger charge is 2.56. The molecule has 0 bridgehead atoms. The molecule has 3 rings (SSSR count). The Morgan fingerprint density at radius 1 is 1.00 bits per heavy atom. The summed E-state index contributed by atoms with van der Waals surface area (Å²) in [6, 6.07) is 7.37. The highest BCUT2D eigenvalue weighted by Crippen LogP contribution is 2.46. The zero-order valence-electron chi connectivity index (χ0n) is 21.8. The number of hydrogen-bond donors (Lipinski definition) is 1. The van der Waals surface area contributed by atoms with Crippen LogP contribution in [-0.4, -0.2) is 36.1 Å². The van der Waals surface area contributed by atoms with Crippen LogP contribution in [0, 0.1) is 5.92 Å². The van der Waals surface area contributed by atoms with Crippen LogP contribution >= 0.6 is 11.6 Å². The van der Waals surface area contributed by atoms with E-state index in [1.165, 1.54) is 36.2 Å². The highest BCUT2D eigenvalue weighted by atomic mass is 35.5. The van der Waals surface area contributed by atoms with E-state index in [9.17, 15) is 35.9 Å². The Bertz CT molecular complexity index is 1180. The number of carbonyl (C=O) groups is 2. The van der Waals surface area contributed by atoms with Gasteiger partial charge in [0.15, 0.2) is 5.54 Å². The number of halogens is 7. The summed E-state index contributed by atoms with van der Waals surface area (Å²) in [5.41, 5.74) is -5.64. The van der Waals surface area contributed by atoms with Gasteiger partial charge in [0.05, 0.1) is 11.1 Å². The molecule has 1 heterocycles. The molecular weight excluding hydrogens is 550 g/mol. The van der Waals surface area contributed by atoms with Crippen LogP contribution in [0.2, 0.25) is 5.02 Å². The second-order valence-corrected chi connectivity index (χ2v) is 10.9. The van der Waals surface area contributed by atoms with E-state index in [1.54, 1.807) is 20.8 Å². The fraction of sp³-hybridized carbons (Fsp3) is 0.481. The van der Waals surface area contributed by atoms with Crippen molar-refractivity contribution in [2.45, 2.75) is 63.5 Å². The Balaban J connectivity index is 2.25. The fourth-order valence-electron chi connectivity index (χ4n) is 5.05. The molecule has 5 nitrogen and oxygen atoms in total. The van der Waals surface area contributed by atoms with E-state index < -0.39 is 52.5 Å². The zero-order chi connectivity index (χ0) is 29.4. The lowest BCUT2D eigenvalue weighted by molar-refractivity contribution is -0.144. The lowest BCUT2D eigenvalue weighted by Gasteiger charge is -2.50.